The number of urea groups is 1. The molecular formula is C18H26N4O3. The van der Waals surface area contributed by atoms with Crippen molar-refractivity contribution in [3.05, 3.63) is 29.8 Å². The highest BCUT2D eigenvalue weighted by molar-refractivity contribution is 6.07. The summed E-state index contributed by atoms with van der Waals surface area (Å²) in [4.78, 5) is 30.7. The van der Waals surface area contributed by atoms with Crippen molar-refractivity contribution in [2.75, 3.05) is 41.0 Å². The number of hydrogen-bond donors (Lipinski definition) is 1. The van der Waals surface area contributed by atoms with Gasteiger partial charge in [-0.3, -0.25) is 9.69 Å². The molecule has 1 aromatic carbocycles. The Kier molecular flexibility index (Phi) is 4.96. The van der Waals surface area contributed by atoms with E-state index in [1.165, 1.54) is 4.90 Å². The number of rotatable bonds is 5. The van der Waals surface area contributed by atoms with E-state index in [1.54, 1.807) is 7.11 Å². The minimum atomic E-state index is -0.704. The predicted molar refractivity (Wildman–Crippen MR) is 94.2 cm³/mol. The van der Waals surface area contributed by atoms with E-state index >= 15 is 0 Å². The summed E-state index contributed by atoms with van der Waals surface area (Å²) in [6, 6.07) is 7.50. The molecule has 2 aliphatic heterocycles. The van der Waals surface area contributed by atoms with Crippen LogP contribution in [0.2, 0.25) is 0 Å². The van der Waals surface area contributed by atoms with Crippen LogP contribution in [0.3, 0.4) is 0 Å². The van der Waals surface area contributed by atoms with Gasteiger partial charge in [0.05, 0.1) is 13.8 Å². The van der Waals surface area contributed by atoms with Gasteiger partial charge in [-0.2, -0.15) is 0 Å². The van der Waals surface area contributed by atoms with Gasteiger partial charge >= 0.3 is 6.03 Å². The van der Waals surface area contributed by atoms with Gasteiger partial charge in [0.25, 0.3) is 5.91 Å². The summed E-state index contributed by atoms with van der Waals surface area (Å²) in [7, 11) is 5.58. The highest BCUT2D eigenvalue weighted by Crippen LogP contribution is 2.29. The van der Waals surface area contributed by atoms with Gasteiger partial charge < -0.3 is 15.0 Å². The Hall–Kier alpha value is -2.12. The van der Waals surface area contributed by atoms with Crippen LogP contribution < -0.4 is 10.1 Å². The number of carbonyl (C=O) groups is 2. The van der Waals surface area contributed by atoms with Crippen LogP contribution >= 0.6 is 0 Å². The van der Waals surface area contributed by atoms with Gasteiger partial charge in [-0.05, 0) is 44.6 Å². The molecule has 7 heteroatoms. The third kappa shape index (κ3) is 3.62. The van der Waals surface area contributed by atoms with E-state index in [-0.39, 0.29) is 18.6 Å². The fraction of sp³-hybridized carbons (Fsp3) is 0.556. The summed E-state index contributed by atoms with van der Waals surface area (Å²) in [6.07, 6.45) is 1.35. The van der Waals surface area contributed by atoms with Crippen LogP contribution in [0.25, 0.3) is 0 Å². The molecular weight excluding hydrogens is 320 g/mol. The second kappa shape index (κ2) is 7.01. The summed E-state index contributed by atoms with van der Waals surface area (Å²) in [5, 5.41) is 2.94. The normalized spacial score (nSPS) is 20.4. The number of ether oxygens (including phenoxy) is 1. The van der Waals surface area contributed by atoms with Crippen molar-refractivity contribution in [1.29, 1.82) is 0 Å². The zero-order valence-corrected chi connectivity index (χ0v) is 15.1. The van der Waals surface area contributed by atoms with Crippen molar-refractivity contribution in [3.8, 4) is 5.75 Å². The van der Waals surface area contributed by atoms with Crippen molar-refractivity contribution in [2.45, 2.75) is 24.9 Å². The molecule has 0 radical (unpaired) electrons. The molecule has 0 aromatic heterocycles. The maximum atomic E-state index is 12.9. The molecule has 0 aliphatic carbocycles. The summed E-state index contributed by atoms with van der Waals surface area (Å²) >= 11 is 0. The Morgan fingerprint density at radius 2 is 1.84 bits per heavy atom. The molecule has 1 N–H and O–H groups in total. The lowest BCUT2D eigenvalue weighted by molar-refractivity contribution is -0.134. The van der Waals surface area contributed by atoms with Crippen LogP contribution in [-0.2, 0) is 11.3 Å². The number of hydrogen-bond acceptors (Lipinski definition) is 5. The maximum Gasteiger partial charge on any atom is 0.326 e. The number of nitrogens with zero attached hydrogens (tertiary/aromatic N) is 3. The molecule has 1 spiro atoms. The van der Waals surface area contributed by atoms with Crippen molar-refractivity contribution < 1.29 is 14.3 Å². The molecule has 2 saturated heterocycles. The van der Waals surface area contributed by atoms with Gasteiger partial charge in [-0.25, -0.2) is 9.69 Å². The number of amides is 3. The molecule has 25 heavy (non-hydrogen) atoms. The van der Waals surface area contributed by atoms with E-state index in [0.29, 0.717) is 19.4 Å². The van der Waals surface area contributed by atoms with E-state index in [0.717, 1.165) is 24.4 Å². The fourth-order valence-corrected chi connectivity index (χ4v) is 3.48. The first-order chi connectivity index (χ1) is 11.9. The Morgan fingerprint density at radius 3 is 2.44 bits per heavy atom. The first-order valence-electron chi connectivity index (χ1n) is 8.58. The first kappa shape index (κ1) is 17.7. The minimum absolute atomic E-state index is 0.0906. The largest absolute Gasteiger partial charge is 0.497 e. The van der Waals surface area contributed by atoms with Crippen molar-refractivity contribution in [1.82, 2.24) is 20.0 Å². The van der Waals surface area contributed by atoms with Crippen LogP contribution in [0.1, 0.15) is 18.4 Å². The summed E-state index contributed by atoms with van der Waals surface area (Å²) in [5.74, 6) is 0.719. The average molecular weight is 346 g/mol. The average Bonchev–Trinajstić information content (AvgIpc) is 2.83. The number of carbonyl (C=O) groups excluding carboxylic acids is 2. The fourth-order valence-electron chi connectivity index (χ4n) is 3.48. The number of imide groups is 1. The van der Waals surface area contributed by atoms with Crippen molar-refractivity contribution in [3.63, 3.8) is 0 Å². The van der Waals surface area contributed by atoms with E-state index in [1.807, 2.05) is 43.3 Å². The maximum absolute atomic E-state index is 12.9. The smallest absolute Gasteiger partial charge is 0.326 e. The molecule has 0 saturated carbocycles. The number of likely N-dealkylation sites (tertiary alicyclic amines) is 1. The first-order valence-corrected chi connectivity index (χ1v) is 8.58. The molecule has 2 aliphatic rings. The SMILES string of the molecule is COc1ccc(CN(C)CN2C(=O)NC3(CCN(C)CC3)C2=O)cc1. The van der Waals surface area contributed by atoms with Crippen LogP contribution in [-0.4, -0.2) is 73.1 Å². The lowest BCUT2D eigenvalue weighted by Crippen LogP contribution is -2.54. The van der Waals surface area contributed by atoms with Gasteiger partial charge in [0.15, 0.2) is 0 Å². The Bertz CT molecular complexity index is 638. The molecule has 2 heterocycles. The van der Waals surface area contributed by atoms with E-state index in [2.05, 4.69) is 10.2 Å². The third-order valence-corrected chi connectivity index (χ3v) is 5.08. The topological polar surface area (TPSA) is 65.1 Å². The standard InChI is InChI=1S/C18H26N4O3/c1-20-10-8-18(9-11-20)16(23)22(17(24)19-18)13-21(2)12-14-4-6-15(25-3)7-5-14/h4-7H,8-13H2,1-3H3,(H,19,24). The monoisotopic (exact) mass is 346 g/mol. The Labute approximate surface area is 148 Å². The van der Waals surface area contributed by atoms with Crippen molar-refractivity contribution >= 4 is 11.9 Å². The minimum Gasteiger partial charge on any atom is -0.497 e. The van der Waals surface area contributed by atoms with E-state index in [4.69, 9.17) is 4.74 Å². The zero-order chi connectivity index (χ0) is 18.0. The van der Waals surface area contributed by atoms with Gasteiger partial charge in [0.1, 0.15) is 11.3 Å². The molecule has 2 fully saturated rings. The predicted octanol–water partition coefficient (Wildman–Crippen LogP) is 1.10. The van der Waals surface area contributed by atoms with Crippen LogP contribution in [0.4, 0.5) is 4.79 Å². The quantitative estimate of drug-likeness (QED) is 0.809. The molecule has 0 bridgehead atoms. The van der Waals surface area contributed by atoms with Gasteiger partial charge in [0, 0.05) is 19.6 Å². The number of benzene rings is 1. The summed E-state index contributed by atoms with van der Waals surface area (Å²) in [6.45, 7) is 2.58. The molecule has 7 nitrogen and oxygen atoms in total. The van der Waals surface area contributed by atoms with Gasteiger partial charge in [-0.1, -0.05) is 12.1 Å². The lowest BCUT2D eigenvalue weighted by atomic mass is 9.88. The Balaban J connectivity index is 1.61. The van der Waals surface area contributed by atoms with Crippen LogP contribution in [0, 0.1) is 0 Å². The molecule has 0 atom stereocenters. The zero-order valence-electron chi connectivity index (χ0n) is 15.1. The highest BCUT2D eigenvalue weighted by Gasteiger charge is 2.52. The van der Waals surface area contributed by atoms with Crippen molar-refractivity contribution in [2.24, 2.45) is 0 Å². The third-order valence-electron chi connectivity index (χ3n) is 5.08. The van der Waals surface area contributed by atoms with Crippen LogP contribution in [0.15, 0.2) is 24.3 Å². The van der Waals surface area contributed by atoms with Crippen LogP contribution in [0.5, 0.6) is 5.75 Å². The summed E-state index contributed by atoms with van der Waals surface area (Å²) < 4.78 is 5.16. The lowest BCUT2D eigenvalue weighted by Gasteiger charge is -2.35. The van der Waals surface area contributed by atoms with E-state index in [9.17, 15) is 9.59 Å². The Morgan fingerprint density at radius 1 is 1.20 bits per heavy atom. The molecule has 0 unspecified atom stereocenters. The number of piperidine rings is 1. The number of nitrogens with one attached hydrogen (secondary N) is 1. The number of methoxy groups -OCH3 is 1. The van der Waals surface area contributed by atoms with E-state index < -0.39 is 5.54 Å². The molecule has 3 amide bonds. The molecule has 136 valence electrons. The second-order valence-electron chi connectivity index (χ2n) is 7.05. The highest BCUT2D eigenvalue weighted by atomic mass is 16.5. The molecule has 1 aromatic rings. The van der Waals surface area contributed by atoms with Gasteiger partial charge in [0.2, 0.25) is 0 Å². The molecule has 3 rings (SSSR count). The second-order valence-corrected chi connectivity index (χ2v) is 7.05. The van der Waals surface area contributed by atoms with Gasteiger partial charge in [-0.15, -0.1) is 0 Å². The summed E-state index contributed by atoms with van der Waals surface area (Å²) in [5.41, 5.74) is 0.397.